The van der Waals surface area contributed by atoms with E-state index in [0.717, 1.165) is 48.3 Å². The number of thioether (sulfide) groups is 1. The zero-order chi connectivity index (χ0) is 19.9. The highest BCUT2D eigenvalue weighted by Crippen LogP contribution is 2.24. The van der Waals surface area contributed by atoms with Crippen LogP contribution in [-0.4, -0.2) is 58.7 Å². The number of benzene rings is 1. The van der Waals surface area contributed by atoms with Crippen LogP contribution in [0.1, 0.15) is 36.8 Å². The molecule has 28 heavy (non-hydrogen) atoms. The van der Waals surface area contributed by atoms with E-state index in [1.807, 2.05) is 18.2 Å². The average molecular weight is 404 g/mol. The maximum Gasteiger partial charge on any atom is 0.305 e. The highest BCUT2D eigenvalue weighted by molar-refractivity contribution is 8.15. The van der Waals surface area contributed by atoms with Gasteiger partial charge in [-0.05, 0) is 49.7 Å². The first kappa shape index (κ1) is 20.3. The summed E-state index contributed by atoms with van der Waals surface area (Å²) in [7, 11) is 1.67. The minimum Gasteiger partial charge on any atom is -0.496 e. The van der Waals surface area contributed by atoms with Crippen LogP contribution in [0.25, 0.3) is 0 Å². The number of carboxylic acid groups (broad SMARTS) is 1. The van der Waals surface area contributed by atoms with Crippen molar-refractivity contribution < 1.29 is 19.4 Å². The van der Waals surface area contributed by atoms with Crippen LogP contribution in [0.4, 0.5) is 0 Å². The Morgan fingerprint density at radius 3 is 2.89 bits per heavy atom. The van der Waals surface area contributed by atoms with E-state index in [4.69, 9.17) is 9.84 Å². The molecule has 1 unspecified atom stereocenters. The van der Waals surface area contributed by atoms with Gasteiger partial charge in [0.1, 0.15) is 11.0 Å². The number of ether oxygens (including phenoxy) is 1. The van der Waals surface area contributed by atoms with E-state index in [2.05, 4.69) is 20.4 Å². The SMILES string of the molecule is COc1ccc(C=NN=C2NC(=O)C(CC(=O)O)S2)cc1CN1CCCCC1. The largest absolute Gasteiger partial charge is 0.496 e. The zero-order valence-corrected chi connectivity index (χ0v) is 16.6. The number of hydrogen-bond donors (Lipinski definition) is 2. The van der Waals surface area contributed by atoms with E-state index in [0.29, 0.717) is 5.17 Å². The van der Waals surface area contributed by atoms with Gasteiger partial charge in [-0.25, -0.2) is 0 Å². The van der Waals surface area contributed by atoms with E-state index in [1.54, 1.807) is 13.3 Å². The second-order valence-electron chi connectivity index (χ2n) is 6.75. The monoisotopic (exact) mass is 404 g/mol. The third kappa shape index (κ3) is 5.56. The summed E-state index contributed by atoms with van der Waals surface area (Å²) in [5.74, 6) is -0.518. The summed E-state index contributed by atoms with van der Waals surface area (Å²) in [6, 6.07) is 5.85. The molecule has 2 heterocycles. The molecule has 0 aromatic heterocycles. The maximum atomic E-state index is 11.7. The Hall–Kier alpha value is -2.39. The van der Waals surface area contributed by atoms with Gasteiger partial charge in [0.25, 0.3) is 0 Å². The number of likely N-dealkylation sites (tertiary alicyclic amines) is 1. The lowest BCUT2D eigenvalue weighted by atomic mass is 10.1. The molecule has 0 saturated carbocycles. The molecule has 0 aliphatic carbocycles. The van der Waals surface area contributed by atoms with Crippen molar-refractivity contribution in [3.05, 3.63) is 29.3 Å². The smallest absolute Gasteiger partial charge is 0.305 e. The Labute approximate surface area is 168 Å². The fraction of sp³-hybridized carbons (Fsp3) is 0.474. The lowest BCUT2D eigenvalue weighted by Gasteiger charge is -2.27. The van der Waals surface area contributed by atoms with E-state index in [1.165, 1.54) is 19.3 Å². The summed E-state index contributed by atoms with van der Waals surface area (Å²) in [6.07, 6.45) is 5.13. The van der Waals surface area contributed by atoms with Crippen LogP contribution in [-0.2, 0) is 16.1 Å². The molecule has 2 fully saturated rings. The minimum atomic E-state index is -1.02. The van der Waals surface area contributed by atoms with Gasteiger partial charge in [0.15, 0.2) is 5.17 Å². The Kier molecular flexibility index (Phi) is 7.05. The number of aliphatic carboxylic acids is 1. The van der Waals surface area contributed by atoms with E-state index < -0.39 is 11.2 Å². The molecule has 8 nitrogen and oxygen atoms in total. The normalized spacial score (nSPS) is 22.0. The Bertz CT molecular complexity index is 790. The van der Waals surface area contributed by atoms with Crippen LogP contribution in [0.5, 0.6) is 5.75 Å². The van der Waals surface area contributed by atoms with Crippen LogP contribution < -0.4 is 10.1 Å². The minimum absolute atomic E-state index is 0.239. The predicted molar refractivity (Wildman–Crippen MR) is 109 cm³/mol. The highest BCUT2D eigenvalue weighted by atomic mass is 32.2. The van der Waals surface area contributed by atoms with Crippen molar-refractivity contribution in [3.8, 4) is 5.75 Å². The third-order valence-electron chi connectivity index (χ3n) is 4.64. The number of rotatable bonds is 7. The van der Waals surface area contributed by atoms with Crippen LogP contribution in [0.2, 0.25) is 0 Å². The fourth-order valence-corrected chi connectivity index (χ4v) is 4.17. The number of carbonyl (C=O) groups excluding carboxylic acids is 1. The molecular formula is C19H24N4O4S. The van der Waals surface area contributed by atoms with Crippen molar-refractivity contribution in [2.75, 3.05) is 20.2 Å². The summed E-state index contributed by atoms with van der Waals surface area (Å²) in [5.41, 5.74) is 1.99. The third-order valence-corrected chi connectivity index (χ3v) is 5.71. The number of nitrogens with zero attached hydrogens (tertiary/aromatic N) is 3. The molecular weight excluding hydrogens is 380 g/mol. The molecule has 2 aliphatic heterocycles. The number of piperidine rings is 1. The van der Waals surface area contributed by atoms with Crippen LogP contribution in [0, 0.1) is 0 Å². The molecule has 1 aromatic carbocycles. The van der Waals surface area contributed by atoms with Gasteiger partial charge in [0, 0.05) is 12.1 Å². The van der Waals surface area contributed by atoms with Crippen molar-refractivity contribution in [3.63, 3.8) is 0 Å². The van der Waals surface area contributed by atoms with Crippen molar-refractivity contribution in [1.82, 2.24) is 10.2 Å². The number of amidine groups is 1. The lowest BCUT2D eigenvalue weighted by molar-refractivity contribution is -0.138. The fourth-order valence-electron chi connectivity index (χ4n) is 3.25. The molecule has 2 saturated heterocycles. The summed E-state index contributed by atoms with van der Waals surface area (Å²) >= 11 is 1.08. The number of carbonyl (C=O) groups is 2. The average Bonchev–Trinajstić information content (AvgIpc) is 3.01. The van der Waals surface area contributed by atoms with Crippen molar-refractivity contribution in [1.29, 1.82) is 0 Å². The molecule has 9 heteroatoms. The molecule has 150 valence electrons. The van der Waals surface area contributed by atoms with Gasteiger partial charge in [-0.1, -0.05) is 18.2 Å². The van der Waals surface area contributed by atoms with Crippen molar-refractivity contribution in [2.45, 2.75) is 37.5 Å². The molecule has 1 atom stereocenters. The van der Waals surface area contributed by atoms with Crippen LogP contribution in [0.3, 0.4) is 0 Å². The molecule has 1 amide bonds. The van der Waals surface area contributed by atoms with E-state index >= 15 is 0 Å². The number of hydrogen-bond acceptors (Lipinski definition) is 7. The summed E-state index contributed by atoms with van der Waals surface area (Å²) in [6.45, 7) is 3.04. The molecule has 0 radical (unpaired) electrons. The summed E-state index contributed by atoms with van der Waals surface area (Å²) < 4.78 is 5.49. The highest BCUT2D eigenvalue weighted by Gasteiger charge is 2.32. The molecule has 2 N–H and O–H groups in total. The zero-order valence-electron chi connectivity index (χ0n) is 15.8. The summed E-state index contributed by atoms with van der Waals surface area (Å²) in [5, 5.41) is 19.1. The van der Waals surface area contributed by atoms with Gasteiger partial charge >= 0.3 is 5.97 Å². The first-order valence-electron chi connectivity index (χ1n) is 9.25. The topological polar surface area (TPSA) is 104 Å². The maximum absolute atomic E-state index is 11.7. The predicted octanol–water partition coefficient (Wildman–Crippen LogP) is 2.08. The van der Waals surface area contributed by atoms with Crippen LogP contribution >= 0.6 is 11.8 Å². The van der Waals surface area contributed by atoms with E-state index in [9.17, 15) is 9.59 Å². The van der Waals surface area contributed by atoms with Crippen molar-refractivity contribution >= 4 is 35.0 Å². The van der Waals surface area contributed by atoms with Crippen LogP contribution in [0.15, 0.2) is 28.4 Å². The van der Waals surface area contributed by atoms with Gasteiger partial charge in [-0.3, -0.25) is 14.5 Å². The van der Waals surface area contributed by atoms with Gasteiger partial charge in [0.05, 0.1) is 19.7 Å². The Morgan fingerprint density at radius 1 is 1.39 bits per heavy atom. The number of carboxylic acids is 1. The Morgan fingerprint density at radius 2 is 2.18 bits per heavy atom. The number of nitrogens with one attached hydrogen (secondary N) is 1. The van der Waals surface area contributed by atoms with Gasteiger partial charge < -0.3 is 15.2 Å². The van der Waals surface area contributed by atoms with Crippen molar-refractivity contribution in [2.24, 2.45) is 10.2 Å². The van der Waals surface area contributed by atoms with Gasteiger partial charge in [-0.2, -0.15) is 5.10 Å². The van der Waals surface area contributed by atoms with Gasteiger partial charge in [-0.15, -0.1) is 5.10 Å². The lowest BCUT2D eigenvalue weighted by Crippen LogP contribution is -2.29. The quantitative estimate of drug-likeness (QED) is 0.533. The first-order valence-corrected chi connectivity index (χ1v) is 10.1. The number of amides is 1. The molecule has 2 aliphatic rings. The van der Waals surface area contributed by atoms with E-state index in [-0.39, 0.29) is 12.3 Å². The molecule has 0 bridgehead atoms. The first-order chi connectivity index (χ1) is 13.5. The molecule has 3 rings (SSSR count). The van der Waals surface area contributed by atoms with Gasteiger partial charge in [0.2, 0.25) is 5.91 Å². The second-order valence-corrected chi connectivity index (χ2v) is 7.94. The number of methoxy groups -OCH3 is 1. The molecule has 0 spiro atoms. The Balaban J connectivity index is 1.65. The standard InChI is InChI=1S/C19H24N4O4S/c1-27-15-6-5-13(9-14(15)12-23-7-3-2-4-8-23)11-20-22-19-21-18(26)16(28-19)10-17(24)25/h5-6,9,11,16H,2-4,7-8,10,12H2,1H3,(H,24,25)(H,21,22,26). The molecule has 1 aromatic rings. The summed E-state index contributed by atoms with van der Waals surface area (Å²) in [4.78, 5) is 24.9. The second kappa shape index (κ2) is 9.70.